The van der Waals surface area contributed by atoms with Gasteiger partial charge >= 0.3 is 11.9 Å². The van der Waals surface area contributed by atoms with Crippen LogP contribution in [0, 0.1) is 13.8 Å². The van der Waals surface area contributed by atoms with Crippen molar-refractivity contribution in [1.29, 1.82) is 0 Å². The number of aromatic nitrogens is 1. The fourth-order valence-electron chi connectivity index (χ4n) is 4.39. The SMILES string of the molecule is COC(=O)c1sc(N2C(=O)C(=O)/C(=C(/O)c3ccc(OC)cc3C)C2c2cccc(OC)c2OC)nc1C. The van der Waals surface area contributed by atoms with Crippen LogP contribution in [0.3, 0.4) is 0 Å². The molecule has 2 heterocycles. The quantitative estimate of drug-likeness (QED) is 0.204. The van der Waals surface area contributed by atoms with E-state index < -0.39 is 23.7 Å². The second-order valence-electron chi connectivity index (χ2n) is 8.34. The van der Waals surface area contributed by atoms with E-state index in [4.69, 9.17) is 18.9 Å². The monoisotopic (exact) mass is 538 g/mol. The molecule has 198 valence electrons. The lowest BCUT2D eigenvalue weighted by molar-refractivity contribution is -0.132. The molecule has 1 aliphatic heterocycles. The summed E-state index contributed by atoms with van der Waals surface area (Å²) >= 11 is 0.909. The van der Waals surface area contributed by atoms with Crippen LogP contribution in [-0.4, -0.2) is 56.2 Å². The van der Waals surface area contributed by atoms with Crippen LogP contribution in [0.2, 0.25) is 0 Å². The molecule has 11 heteroatoms. The van der Waals surface area contributed by atoms with Crippen molar-refractivity contribution >= 4 is 39.9 Å². The Kier molecular flexibility index (Phi) is 7.40. The first kappa shape index (κ1) is 26.7. The number of esters is 1. The van der Waals surface area contributed by atoms with Gasteiger partial charge in [-0.05, 0) is 43.7 Å². The number of aliphatic hydroxyl groups excluding tert-OH is 1. The third kappa shape index (κ3) is 4.34. The summed E-state index contributed by atoms with van der Waals surface area (Å²) in [6.45, 7) is 3.35. The van der Waals surface area contributed by atoms with E-state index in [1.54, 1.807) is 50.2 Å². The Morgan fingerprint density at radius 3 is 2.37 bits per heavy atom. The van der Waals surface area contributed by atoms with Crippen molar-refractivity contribution < 1.29 is 38.4 Å². The number of hydrogen-bond donors (Lipinski definition) is 1. The van der Waals surface area contributed by atoms with Crippen LogP contribution in [0.1, 0.15) is 38.1 Å². The van der Waals surface area contributed by atoms with E-state index in [1.165, 1.54) is 28.4 Å². The number of nitrogens with zero attached hydrogens (tertiary/aromatic N) is 2. The molecule has 4 rings (SSSR count). The van der Waals surface area contributed by atoms with Crippen molar-refractivity contribution in [1.82, 2.24) is 4.98 Å². The molecule has 1 N–H and O–H groups in total. The Balaban J connectivity index is 2.02. The van der Waals surface area contributed by atoms with Gasteiger partial charge in [0, 0.05) is 11.1 Å². The second kappa shape index (κ2) is 10.5. The maximum Gasteiger partial charge on any atom is 0.350 e. The highest BCUT2D eigenvalue weighted by Gasteiger charge is 2.49. The normalized spacial score (nSPS) is 16.5. The summed E-state index contributed by atoms with van der Waals surface area (Å²) < 4.78 is 21.2. The van der Waals surface area contributed by atoms with E-state index in [1.807, 2.05) is 0 Å². The number of amides is 1. The number of aryl methyl sites for hydroxylation is 2. The highest BCUT2D eigenvalue weighted by Crippen LogP contribution is 2.48. The number of aliphatic hydroxyl groups is 1. The zero-order valence-corrected chi connectivity index (χ0v) is 22.5. The molecule has 1 saturated heterocycles. The van der Waals surface area contributed by atoms with Crippen LogP contribution in [0.5, 0.6) is 17.2 Å². The van der Waals surface area contributed by atoms with E-state index in [0.29, 0.717) is 33.9 Å². The first-order chi connectivity index (χ1) is 18.2. The predicted molar refractivity (Wildman–Crippen MR) is 140 cm³/mol. The first-order valence-electron chi connectivity index (χ1n) is 11.4. The van der Waals surface area contributed by atoms with Gasteiger partial charge in [0.15, 0.2) is 16.6 Å². The summed E-state index contributed by atoms with van der Waals surface area (Å²) in [6, 6.07) is 8.84. The van der Waals surface area contributed by atoms with Crippen LogP contribution >= 0.6 is 11.3 Å². The summed E-state index contributed by atoms with van der Waals surface area (Å²) in [7, 11) is 5.66. The molecule has 1 amide bonds. The number of ether oxygens (including phenoxy) is 4. The molecule has 1 unspecified atom stereocenters. The topological polar surface area (TPSA) is 124 Å². The molecule has 0 aliphatic carbocycles. The molecule has 1 atom stereocenters. The molecule has 0 saturated carbocycles. The van der Waals surface area contributed by atoms with Crippen molar-refractivity contribution in [3.63, 3.8) is 0 Å². The number of thiazole rings is 1. The fraction of sp³-hybridized carbons (Fsp3) is 0.259. The Morgan fingerprint density at radius 1 is 1.03 bits per heavy atom. The zero-order chi connectivity index (χ0) is 27.7. The molecule has 1 aliphatic rings. The van der Waals surface area contributed by atoms with Gasteiger partial charge < -0.3 is 24.1 Å². The zero-order valence-electron chi connectivity index (χ0n) is 21.6. The molecule has 0 bridgehead atoms. The van der Waals surface area contributed by atoms with Crippen LogP contribution < -0.4 is 19.1 Å². The number of carbonyl (C=O) groups excluding carboxylic acids is 3. The summed E-state index contributed by atoms with van der Waals surface area (Å²) in [5.74, 6) is -1.63. The number of methoxy groups -OCH3 is 4. The number of para-hydroxylation sites is 1. The van der Waals surface area contributed by atoms with Gasteiger partial charge in [0.2, 0.25) is 0 Å². The molecule has 2 aromatic carbocycles. The lowest BCUT2D eigenvalue weighted by Crippen LogP contribution is -2.29. The molecule has 1 fully saturated rings. The summed E-state index contributed by atoms with van der Waals surface area (Å²) in [5, 5.41) is 11.6. The largest absolute Gasteiger partial charge is 0.507 e. The fourth-order valence-corrected chi connectivity index (χ4v) is 5.40. The average Bonchev–Trinajstić information content (AvgIpc) is 3.43. The lowest BCUT2D eigenvalue weighted by Gasteiger charge is -2.25. The molecule has 1 aromatic heterocycles. The van der Waals surface area contributed by atoms with Gasteiger partial charge in [0.05, 0.1) is 39.7 Å². The van der Waals surface area contributed by atoms with Crippen molar-refractivity contribution in [2.75, 3.05) is 33.3 Å². The smallest absolute Gasteiger partial charge is 0.350 e. The van der Waals surface area contributed by atoms with Crippen LogP contribution in [0.15, 0.2) is 42.0 Å². The standard InChI is InChI=1S/C27H26N2O8S/c1-13-12-15(34-3)10-11-16(13)21(30)19-20(17-8-7-9-18(35-4)23(17)36-5)29(25(32)22(19)31)27-28-14(2)24(38-27)26(33)37-6/h7-12,20,30H,1-6H3/b21-19+. The molecule has 10 nitrogen and oxygen atoms in total. The van der Waals surface area contributed by atoms with E-state index in [0.717, 1.165) is 16.2 Å². The van der Waals surface area contributed by atoms with Crippen molar-refractivity contribution in [3.05, 3.63) is 69.2 Å². The molecule has 0 radical (unpaired) electrons. The van der Waals surface area contributed by atoms with Crippen molar-refractivity contribution in [2.24, 2.45) is 0 Å². The van der Waals surface area contributed by atoms with E-state index in [2.05, 4.69) is 4.98 Å². The maximum absolute atomic E-state index is 13.5. The summed E-state index contributed by atoms with van der Waals surface area (Å²) in [5.41, 5.74) is 1.53. The number of carbonyl (C=O) groups is 3. The second-order valence-corrected chi connectivity index (χ2v) is 9.31. The summed E-state index contributed by atoms with van der Waals surface area (Å²) in [6.07, 6.45) is 0. The van der Waals surface area contributed by atoms with Crippen LogP contribution in [0.4, 0.5) is 5.13 Å². The van der Waals surface area contributed by atoms with Crippen molar-refractivity contribution in [3.8, 4) is 17.2 Å². The minimum Gasteiger partial charge on any atom is -0.507 e. The highest BCUT2D eigenvalue weighted by molar-refractivity contribution is 7.17. The molecule has 0 spiro atoms. The van der Waals surface area contributed by atoms with Gasteiger partial charge in [0.25, 0.3) is 5.78 Å². The van der Waals surface area contributed by atoms with E-state index in [-0.39, 0.29) is 27.1 Å². The Bertz CT molecular complexity index is 1480. The number of benzene rings is 2. The molecular formula is C27H26N2O8S. The van der Waals surface area contributed by atoms with Gasteiger partial charge in [-0.3, -0.25) is 14.5 Å². The molecule has 3 aromatic rings. The maximum atomic E-state index is 13.5. The van der Waals surface area contributed by atoms with Crippen LogP contribution in [-0.2, 0) is 14.3 Å². The number of anilines is 1. The first-order valence-corrected chi connectivity index (χ1v) is 12.2. The van der Waals surface area contributed by atoms with E-state index >= 15 is 0 Å². The van der Waals surface area contributed by atoms with Gasteiger partial charge in [-0.15, -0.1) is 0 Å². The number of hydrogen-bond acceptors (Lipinski definition) is 10. The predicted octanol–water partition coefficient (Wildman–Crippen LogP) is 4.20. The average molecular weight is 539 g/mol. The third-order valence-electron chi connectivity index (χ3n) is 6.22. The van der Waals surface area contributed by atoms with Crippen molar-refractivity contribution in [2.45, 2.75) is 19.9 Å². The Morgan fingerprint density at radius 2 is 1.76 bits per heavy atom. The van der Waals surface area contributed by atoms with Gasteiger partial charge in [-0.2, -0.15) is 0 Å². The van der Waals surface area contributed by atoms with E-state index in [9.17, 15) is 19.5 Å². The Labute approximate surface area is 223 Å². The molecule has 38 heavy (non-hydrogen) atoms. The minimum atomic E-state index is -1.14. The van der Waals surface area contributed by atoms with Crippen LogP contribution in [0.25, 0.3) is 5.76 Å². The Hall–Kier alpha value is -4.38. The molecular weight excluding hydrogens is 512 g/mol. The van der Waals surface area contributed by atoms with Gasteiger partial charge in [-0.1, -0.05) is 23.5 Å². The lowest BCUT2D eigenvalue weighted by atomic mass is 9.93. The number of ketones is 1. The highest BCUT2D eigenvalue weighted by atomic mass is 32.1. The number of rotatable bonds is 7. The minimum absolute atomic E-state index is 0.0883. The van der Waals surface area contributed by atoms with Gasteiger partial charge in [-0.25, -0.2) is 9.78 Å². The third-order valence-corrected chi connectivity index (χ3v) is 7.36. The summed E-state index contributed by atoms with van der Waals surface area (Å²) in [4.78, 5) is 45.1. The number of Topliss-reactive ketones (excluding diaryl/α,β-unsaturated/α-hetero) is 1. The van der Waals surface area contributed by atoms with Gasteiger partial charge in [0.1, 0.15) is 22.4 Å².